The summed E-state index contributed by atoms with van der Waals surface area (Å²) < 4.78 is 22.9. The summed E-state index contributed by atoms with van der Waals surface area (Å²) in [6, 6.07) is 0. The third-order valence-electron chi connectivity index (χ3n) is 8.32. The van der Waals surface area contributed by atoms with Crippen LogP contribution in [0.15, 0.2) is 22.8 Å². The number of carbonyl (C=O) groups is 4. The lowest BCUT2D eigenvalue weighted by Crippen LogP contribution is -2.64. The molecule has 37 heavy (non-hydrogen) atoms. The maximum Gasteiger partial charge on any atom is 0.341 e. The van der Waals surface area contributed by atoms with Crippen LogP contribution in [0, 0.1) is 11.8 Å². The number of hydrogen-bond donors (Lipinski definition) is 2. The van der Waals surface area contributed by atoms with Gasteiger partial charge in [-0.05, 0) is 58.6 Å². The molecule has 10 heteroatoms. The molecule has 2 N–H and O–H groups in total. The Hall–Kier alpha value is -2.72. The summed E-state index contributed by atoms with van der Waals surface area (Å²) in [7, 11) is 0. The molecule has 8 atom stereocenters. The van der Waals surface area contributed by atoms with E-state index in [-0.39, 0.29) is 12.8 Å². The van der Waals surface area contributed by atoms with E-state index in [1.54, 1.807) is 47.6 Å². The molecule has 1 heterocycles. The summed E-state index contributed by atoms with van der Waals surface area (Å²) in [5.74, 6) is -4.06. The molecule has 1 saturated heterocycles. The Morgan fingerprint density at radius 1 is 1.19 bits per heavy atom. The van der Waals surface area contributed by atoms with Crippen LogP contribution in [0.5, 0.6) is 0 Å². The summed E-state index contributed by atoms with van der Waals surface area (Å²) in [4.78, 5) is 50.5. The Labute approximate surface area is 217 Å². The lowest BCUT2D eigenvalue weighted by Gasteiger charge is -2.41. The van der Waals surface area contributed by atoms with Gasteiger partial charge in [-0.2, -0.15) is 0 Å². The number of allylic oxidation sites excluding steroid dienone is 1. The first-order valence-electron chi connectivity index (χ1n) is 12.6. The molecule has 0 aromatic rings. The summed E-state index contributed by atoms with van der Waals surface area (Å²) in [6.07, 6.45) is -1.63. The quantitative estimate of drug-likeness (QED) is 0.231. The van der Waals surface area contributed by atoms with Crippen LogP contribution in [0.25, 0.3) is 0 Å². The van der Waals surface area contributed by atoms with Gasteiger partial charge >= 0.3 is 23.9 Å². The molecule has 3 rings (SSSR count). The fourth-order valence-corrected chi connectivity index (χ4v) is 5.60. The summed E-state index contributed by atoms with van der Waals surface area (Å²) >= 11 is 0. The van der Waals surface area contributed by atoms with Crippen LogP contribution < -0.4 is 0 Å². The predicted molar refractivity (Wildman–Crippen MR) is 130 cm³/mol. The molecule has 1 aliphatic heterocycles. The Morgan fingerprint density at radius 3 is 2.35 bits per heavy atom. The molecule has 10 nitrogen and oxygen atoms in total. The van der Waals surface area contributed by atoms with Crippen LogP contribution in [0.1, 0.15) is 74.7 Å². The third kappa shape index (κ3) is 4.58. The molecule has 0 bridgehead atoms. The van der Waals surface area contributed by atoms with E-state index in [2.05, 4.69) is 0 Å². The van der Waals surface area contributed by atoms with Crippen molar-refractivity contribution in [3.8, 4) is 0 Å². The molecule has 2 aliphatic carbocycles. The number of carbonyl (C=O) groups excluding carboxylic acids is 4. The summed E-state index contributed by atoms with van der Waals surface area (Å²) in [5, 5.41) is 23.4. The van der Waals surface area contributed by atoms with Gasteiger partial charge in [0.15, 0.2) is 17.3 Å². The first-order chi connectivity index (χ1) is 17.0. The number of esters is 4. The number of ether oxygens (including phenoxy) is 4. The van der Waals surface area contributed by atoms with E-state index in [0.29, 0.717) is 23.1 Å². The van der Waals surface area contributed by atoms with Crippen molar-refractivity contribution >= 4 is 23.9 Å². The number of aliphatic hydroxyl groups is 2. The van der Waals surface area contributed by atoms with E-state index >= 15 is 0 Å². The topological polar surface area (TPSA) is 146 Å². The monoisotopic (exact) mass is 522 g/mol. The van der Waals surface area contributed by atoms with Gasteiger partial charge in [-0.15, -0.1) is 0 Å². The average molecular weight is 523 g/mol. The molecule has 2 fully saturated rings. The number of hydrogen-bond acceptors (Lipinski definition) is 10. The maximum absolute atomic E-state index is 12.9. The second kappa shape index (κ2) is 9.87. The van der Waals surface area contributed by atoms with Crippen LogP contribution in [-0.2, 0) is 38.1 Å². The predicted octanol–water partition coefficient (Wildman–Crippen LogP) is 2.29. The van der Waals surface area contributed by atoms with Crippen LogP contribution >= 0.6 is 0 Å². The van der Waals surface area contributed by atoms with Gasteiger partial charge in [0.2, 0.25) is 0 Å². The SMILES string of the molecule is C/C=C(\C)C(=O)OC1CC2C(=C1C)C1OC(=O)C(C)(O)C1(O)C(OC(=O)C(C)CC)CC2(C)OC(C)=O. The lowest BCUT2D eigenvalue weighted by molar-refractivity contribution is -0.212. The smallest absolute Gasteiger partial charge is 0.341 e. The third-order valence-corrected chi connectivity index (χ3v) is 8.32. The van der Waals surface area contributed by atoms with Gasteiger partial charge in [0, 0.05) is 24.8 Å². The number of rotatable bonds is 6. The van der Waals surface area contributed by atoms with Crippen molar-refractivity contribution in [1.82, 2.24) is 0 Å². The second-order valence-electron chi connectivity index (χ2n) is 10.8. The largest absolute Gasteiger partial charge is 0.459 e. The summed E-state index contributed by atoms with van der Waals surface area (Å²) in [6.45, 7) is 12.4. The fraction of sp³-hybridized carbons (Fsp3) is 0.704. The molecular formula is C27H38O10. The zero-order valence-corrected chi connectivity index (χ0v) is 22.7. The van der Waals surface area contributed by atoms with E-state index in [9.17, 15) is 29.4 Å². The minimum Gasteiger partial charge on any atom is -0.459 e. The highest BCUT2D eigenvalue weighted by molar-refractivity contribution is 5.88. The van der Waals surface area contributed by atoms with E-state index < -0.39 is 70.8 Å². The van der Waals surface area contributed by atoms with Crippen LogP contribution in [0.3, 0.4) is 0 Å². The molecule has 206 valence electrons. The Morgan fingerprint density at radius 2 is 1.81 bits per heavy atom. The standard InChI is InChI=1S/C27H38O10/c1-9-13(3)22(29)34-18-11-17-20(15(18)5)21-27(33,26(8,32)24(31)36-21)19(35-23(30)14(4)10-2)12-25(17,7)37-16(6)28/h9,14,17-19,21,32-33H,10-12H2,1-8H3/b13-9+. The Kier molecular flexibility index (Phi) is 7.69. The Balaban J connectivity index is 2.21. The van der Waals surface area contributed by atoms with Crippen LogP contribution in [0.2, 0.25) is 0 Å². The van der Waals surface area contributed by atoms with Crippen molar-refractivity contribution in [2.45, 2.75) is 110 Å². The van der Waals surface area contributed by atoms with Crippen LogP contribution in [0.4, 0.5) is 0 Å². The first kappa shape index (κ1) is 28.8. The van der Waals surface area contributed by atoms with Gasteiger partial charge in [0.25, 0.3) is 0 Å². The molecule has 0 radical (unpaired) electrons. The van der Waals surface area contributed by atoms with Crippen molar-refractivity contribution in [2.75, 3.05) is 0 Å². The van der Waals surface area contributed by atoms with Crippen molar-refractivity contribution < 1.29 is 48.3 Å². The zero-order valence-electron chi connectivity index (χ0n) is 22.7. The molecule has 8 unspecified atom stereocenters. The molecule has 0 aromatic heterocycles. The second-order valence-corrected chi connectivity index (χ2v) is 10.8. The average Bonchev–Trinajstić information content (AvgIpc) is 3.20. The van der Waals surface area contributed by atoms with Crippen molar-refractivity contribution in [2.24, 2.45) is 11.8 Å². The maximum atomic E-state index is 12.9. The molecular weight excluding hydrogens is 484 g/mol. The van der Waals surface area contributed by atoms with E-state index in [4.69, 9.17) is 18.9 Å². The summed E-state index contributed by atoms with van der Waals surface area (Å²) in [5.41, 5.74) is -4.94. The van der Waals surface area contributed by atoms with Crippen molar-refractivity contribution in [3.63, 3.8) is 0 Å². The normalized spacial score (nSPS) is 38.2. The van der Waals surface area contributed by atoms with E-state index in [1.807, 2.05) is 0 Å². The minimum absolute atomic E-state index is 0.173. The van der Waals surface area contributed by atoms with Gasteiger partial charge in [-0.1, -0.05) is 19.9 Å². The molecule has 3 aliphatic rings. The van der Waals surface area contributed by atoms with Gasteiger partial charge < -0.3 is 29.2 Å². The van der Waals surface area contributed by atoms with Gasteiger partial charge in [0.1, 0.15) is 17.8 Å². The zero-order chi connectivity index (χ0) is 28.1. The highest BCUT2D eigenvalue weighted by atomic mass is 16.6. The van der Waals surface area contributed by atoms with E-state index in [1.165, 1.54) is 6.92 Å². The lowest BCUT2D eigenvalue weighted by atomic mass is 9.75. The minimum atomic E-state index is -2.45. The van der Waals surface area contributed by atoms with Gasteiger partial charge in [0.05, 0.1) is 5.92 Å². The highest BCUT2D eigenvalue weighted by Crippen LogP contribution is 2.56. The Bertz CT molecular complexity index is 1060. The number of fused-ring (bicyclic) bond motifs is 3. The fourth-order valence-electron chi connectivity index (χ4n) is 5.60. The molecule has 0 amide bonds. The van der Waals surface area contributed by atoms with Crippen LogP contribution in [-0.4, -0.2) is 69.2 Å². The molecule has 0 aromatic carbocycles. The highest BCUT2D eigenvalue weighted by Gasteiger charge is 2.74. The van der Waals surface area contributed by atoms with Crippen molar-refractivity contribution in [1.29, 1.82) is 0 Å². The molecule has 1 saturated carbocycles. The van der Waals surface area contributed by atoms with Gasteiger partial charge in [-0.25, -0.2) is 9.59 Å². The molecule has 0 spiro atoms. The van der Waals surface area contributed by atoms with Gasteiger partial charge in [-0.3, -0.25) is 9.59 Å². The first-order valence-corrected chi connectivity index (χ1v) is 12.6. The van der Waals surface area contributed by atoms with E-state index in [0.717, 1.165) is 6.92 Å². The van der Waals surface area contributed by atoms with Crippen molar-refractivity contribution in [3.05, 3.63) is 22.8 Å².